The Labute approximate surface area is 242 Å². The highest BCUT2D eigenvalue weighted by atomic mass is 16.5. The minimum Gasteiger partial charge on any atom is -0.494 e. The maximum Gasteiger partial charge on any atom is 0.249 e. The Kier molecular flexibility index (Phi) is 8.57. The van der Waals surface area contributed by atoms with Crippen LogP contribution in [0.2, 0.25) is 0 Å². The molecule has 1 spiro atoms. The number of aliphatic hydroxyl groups excluding tert-OH is 1. The van der Waals surface area contributed by atoms with Crippen LogP contribution < -0.4 is 9.64 Å². The molecule has 0 bridgehead atoms. The highest BCUT2D eigenvalue weighted by Crippen LogP contribution is 2.57. The molecule has 0 radical (unpaired) electrons. The molecule has 5 rings (SSSR count). The zero-order valence-electron chi connectivity index (χ0n) is 24.5. The summed E-state index contributed by atoms with van der Waals surface area (Å²) in [4.78, 5) is 48.2. The van der Waals surface area contributed by atoms with E-state index in [0.717, 1.165) is 30.7 Å². The second-order valence-electron chi connectivity index (χ2n) is 11.6. The number of aliphatic hydroxyl groups is 1. The van der Waals surface area contributed by atoms with Crippen LogP contribution in [0, 0.1) is 11.8 Å². The Bertz CT molecular complexity index is 1200. The first kappa shape index (κ1) is 29.3. The molecule has 41 heavy (non-hydrogen) atoms. The number of anilines is 1. The number of hydrogen-bond donors (Lipinski definition) is 1. The van der Waals surface area contributed by atoms with E-state index < -0.39 is 29.1 Å². The fourth-order valence-electron chi connectivity index (χ4n) is 7.05. The third-order valence-corrected chi connectivity index (χ3v) is 8.94. The largest absolute Gasteiger partial charge is 0.494 e. The summed E-state index contributed by atoms with van der Waals surface area (Å²) < 4.78 is 12.5. The molecule has 4 heterocycles. The van der Waals surface area contributed by atoms with Gasteiger partial charge in [0.15, 0.2) is 0 Å². The maximum atomic E-state index is 14.4. The molecular formula is C32H43N3O6. The van der Waals surface area contributed by atoms with Gasteiger partial charge >= 0.3 is 0 Å². The topological polar surface area (TPSA) is 99.6 Å². The molecule has 9 nitrogen and oxygen atoms in total. The van der Waals surface area contributed by atoms with Gasteiger partial charge in [-0.2, -0.15) is 0 Å². The Morgan fingerprint density at radius 3 is 2.37 bits per heavy atom. The van der Waals surface area contributed by atoms with Crippen LogP contribution in [0.15, 0.2) is 48.6 Å². The average molecular weight is 566 g/mol. The van der Waals surface area contributed by atoms with E-state index in [-0.39, 0.29) is 24.3 Å². The predicted octanol–water partition coefficient (Wildman–Crippen LogP) is 3.32. The van der Waals surface area contributed by atoms with Crippen LogP contribution in [0.25, 0.3) is 0 Å². The van der Waals surface area contributed by atoms with Gasteiger partial charge < -0.3 is 29.3 Å². The molecule has 0 aliphatic carbocycles. The molecule has 4 aliphatic rings. The number of hydrogen-bond acceptors (Lipinski definition) is 6. The molecular weight excluding hydrogens is 522 g/mol. The number of unbranched alkanes of at least 4 members (excludes halogenated alkanes) is 3. The first-order valence-corrected chi connectivity index (χ1v) is 15.1. The van der Waals surface area contributed by atoms with Crippen molar-refractivity contribution in [3.8, 4) is 5.75 Å². The predicted molar refractivity (Wildman–Crippen MR) is 155 cm³/mol. The first-order chi connectivity index (χ1) is 19.8. The smallest absolute Gasteiger partial charge is 0.249 e. The normalized spacial score (nSPS) is 30.8. The van der Waals surface area contributed by atoms with Gasteiger partial charge in [-0.15, -0.1) is 0 Å². The number of carbonyl (C=O) groups is 3. The Balaban J connectivity index is 1.54. The number of likely N-dealkylation sites (tertiary alicyclic amines) is 1. The number of ether oxygens (including phenoxy) is 2. The van der Waals surface area contributed by atoms with Crippen LogP contribution in [0.5, 0.6) is 5.75 Å². The van der Waals surface area contributed by atoms with Crippen molar-refractivity contribution in [2.45, 2.75) is 70.1 Å². The highest BCUT2D eigenvalue weighted by molar-refractivity contribution is 6.04. The van der Waals surface area contributed by atoms with E-state index in [4.69, 9.17) is 9.47 Å². The van der Waals surface area contributed by atoms with Crippen molar-refractivity contribution < 1.29 is 29.0 Å². The number of amides is 3. The summed E-state index contributed by atoms with van der Waals surface area (Å²) in [6.45, 7) is 8.30. The van der Waals surface area contributed by atoms with Gasteiger partial charge in [0.2, 0.25) is 17.7 Å². The number of fused-ring (bicyclic) bond motifs is 2. The molecule has 222 valence electrons. The van der Waals surface area contributed by atoms with Crippen molar-refractivity contribution in [3.63, 3.8) is 0 Å². The zero-order valence-corrected chi connectivity index (χ0v) is 24.5. The summed E-state index contributed by atoms with van der Waals surface area (Å²) in [6, 6.07) is 6.56. The molecule has 1 aromatic rings. The summed E-state index contributed by atoms with van der Waals surface area (Å²) in [5.41, 5.74) is -1.58. The molecule has 9 heteroatoms. The van der Waals surface area contributed by atoms with Gasteiger partial charge in [-0.1, -0.05) is 37.6 Å². The van der Waals surface area contributed by atoms with Gasteiger partial charge in [0.05, 0.1) is 24.0 Å². The maximum absolute atomic E-state index is 14.4. The van der Waals surface area contributed by atoms with E-state index in [0.29, 0.717) is 45.6 Å². The van der Waals surface area contributed by atoms with E-state index in [1.807, 2.05) is 67.3 Å². The highest BCUT2D eigenvalue weighted by Gasteiger charge is 2.74. The van der Waals surface area contributed by atoms with Crippen LogP contribution >= 0.6 is 0 Å². The number of rotatable bonds is 11. The number of carbonyl (C=O) groups excluding carboxylic acids is 3. The lowest BCUT2D eigenvalue weighted by Gasteiger charge is -2.37. The van der Waals surface area contributed by atoms with Crippen molar-refractivity contribution in [1.29, 1.82) is 0 Å². The quantitative estimate of drug-likeness (QED) is 0.327. The Morgan fingerprint density at radius 1 is 0.902 bits per heavy atom. The molecule has 2 saturated heterocycles. The zero-order chi connectivity index (χ0) is 29.2. The minimum atomic E-state index is -1.24. The van der Waals surface area contributed by atoms with Crippen LogP contribution in [0.3, 0.4) is 0 Å². The van der Waals surface area contributed by atoms with E-state index >= 15 is 0 Å². The van der Waals surface area contributed by atoms with Gasteiger partial charge in [0.25, 0.3) is 0 Å². The van der Waals surface area contributed by atoms with Crippen molar-refractivity contribution >= 4 is 23.4 Å². The second-order valence-corrected chi connectivity index (χ2v) is 11.6. The molecule has 3 amide bonds. The summed E-state index contributed by atoms with van der Waals surface area (Å²) in [5.74, 6) is -1.43. The lowest BCUT2D eigenvalue weighted by atomic mass is 9.74. The Hall–Kier alpha value is -3.17. The molecule has 2 fully saturated rings. The van der Waals surface area contributed by atoms with Gasteiger partial charge in [-0.3, -0.25) is 14.4 Å². The standard InChI is InChI=1S/C32H43N3O6/c1-4-6-18-33-19-11-17-32-26(29(38)35(27(32)30(33)39)20-8-7-9-22-36)25-28(37)34(21-10-16-31(25,3)41-32)23-12-14-24(15-13-23)40-5-2/h10-17,25-27,36H,4-9,18-22H2,1-3H3/t25-,26+,27?,31+,32+/m1/s1. The first-order valence-electron chi connectivity index (χ1n) is 15.1. The van der Waals surface area contributed by atoms with Crippen molar-refractivity contribution in [1.82, 2.24) is 9.80 Å². The summed E-state index contributed by atoms with van der Waals surface area (Å²) in [7, 11) is 0. The monoisotopic (exact) mass is 565 g/mol. The van der Waals surface area contributed by atoms with E-state index in [1.54, 1.807) is 9.80 Å². The number of benzene rings is 1. The second kappa shape index (κ2) is 12.0. The average Bonchev–Trinajstić information content (AvgIpc) is 3.22. The van der Waals surface area contributed by atoms with Gasteiger partial charge in [-0.25, -0.2) is 0 Å². The minimum absolute atomic E-state index is 0.0855. The lowest BCUT2D eigenvalue weighted by Crippen LogP contribution is -2.56. The molecule has 1 unspecified atom stereocenters. The SMILES string of the molecule is CCCCN1CC=C[C@]23O[C@@]4(C)C=CCN(c5ccc(OCC)cc5)C(=O)[C@H]4[C@H]2C(=O)N(CCCCCO)C3C1=O. The van der Waals surface area contributed by atoms with E-state index in [9.17, 15) is 19.5 Å². The molecule has 0 aromatic heterocycles. The van der Waals surface area contributed by atoms with E-state index in [2.05, 4.69) is 6.92 Å². The van der Waals surface area contributed by atoms with Gasteiger partial charge in [0, 0.05) is 38.5 Å². The molecule has 0 saturated carbocycles. The third-order valence-electron chi connectivity index (χ3n) is 8.94. The molecule has 1 N–H and O–H groups in total. The fraction of sp³-hybridized carbons (Fsp3) is 0.594. The summed E-state index contributed by atoms with van der Waals surface area (Å²) in [5, 5.41) is 9.27. The van der Waals surface area contributed by atoms with Crippen molar-refractivity contribution in [2.24, 2.45) is 11.8 Å². The molecule has 5 atom stereocenters. The van der Waals surface area contributed by atoms with Crippen molar-refractivity contribution in [2.75, 3.05) is 44.3 Å². The third kappa shape index (κ3) is 5.07. The van der Waals surface area contributed by atoms with Crippen LogP contribution in [-0.2, 0) is 19.1 Å². The molecule has 1 aromatic carbocycles. The fourth-order valence-corrected chi connectivity index (χ4v) is 7.05. The van der Waals surface area contributed by atoms with Crippen LogP contribution in [-0.4, -0.2) is 89.3 Å². The summed E-state index contributed by atoms with van der Waals surface area (Å²) in [6.07, 6.45) is 11.5. The van der Waals surface area contributed by atoms with Crippen molar-refractivity contribution in [3.05, 3.63) is 48.6 Å². The van der Waals surface area contributed by atoms with Gasteiger partial charge in [-0.05, 0) is 63.8 Å². The van der Waals surface area contributed by atoms with E-state index in [1.165, 1.54) is 0 Å². The Morgan fingerprint density at radius 2 is 1.66 bits per heavy atom. The molecule has 4 aliphatic heterocycles. The van der Waals surface area contributed by atoms with Crippen LogP contribution in [0.1, 0.15) is 52.9 Å². The number of nitrogens with zero attached hydrogens (tertiary/aromatic N) is 3. The summed E-state index contributed by atoms with van der Waals surface area (Å²) >= 11 is 0. The lowest BCUT2D eigenvalue weighted by molar-refractivity contribution is -0.151. The van der Waals surface area contributed by atoms with Crippen LogP contribution in [0.4, 0.5) is 5.69 Å². The van der Waals surface area contributed by atoms with Gasteiger partial charge in [0.1, 0.15) is 17.4 Å².